The first-order valence-corrected chi connectivity index (χ1v) is 22.4. The van der Waals surface area contributed by atoms with Gasteiger partial charge in [-0.05, 0) is 6.92 Å². The summed E-state index contributed by atoms with van der Waals surface area (Å²) in [6.45, 7) is 1.88. The van der Waals surface area contributed by atoms with E-state index in [1.165, 1.54) is 13.8 Å². The summed E-state index contributed by atoms with van der Waals surface area (Å²) < 4.78 is 64.1. The van der Waals surface area contributed by atoms with Crippen molar-refractivity contribution in [1.82, 2.24) is 0 Å². The third-order valence-corrected chi connectivity index (χ3v) is 13.8. The maximum atomic E-state index is 11.5. The summed E-state index contributed by atoms with van der Waals surface area (Å²) in [5.41, 5.74) is 0. The molecule has 0 amide bonds. The second-order valence-corrected chi connectivity index (χ2v) is 18.2. The monoisotopic (exact) mass is 982 g/mol. The van der Waals surface area contributed by atoms with E-state index in [0.29, 0.717) is 0 Å². The van der Waals surface area contributed by atoms with Crippen molar-refractivity contribution in [1.29, 1.82) is 0 Å². The van der Waals surface area contributed by atoms with E-state index >= 15 is 0 Å². The molecule has 0 saturated carbocycles. The zero-order chi connectivity index (χ0) is 49.3. The predicted molar refractivity (Wildman–Crippen MR) is 212 cm³/mol. The van der Waals surface area contributed by atoms with Crippen molar-refractivity contribution in [3.05, 3.63) is 0 Å². The van der Waals surface area contributed by atoms with Gasteiger partial charge in [0.15, 0.2) is 31.5 Å². The van der Waals surface area contributed by atoms with Crippen LogP contribution in [0, 0.1) is 17.8 Å². The molecule has 27 heteroatoms. The Morgan fingerprint density at radius 2 is 0.627 bits per heavy atom. The molecule has 0 aliphatic carbocycles. The highest BCUT2D eigenvalue weighted by atomic mass is 16.8. The van der Waals surface area contributed by atoms with Crippen molar-refractivity contribution in [2.45, 2.75) is 193 Å². The van der Waals surface area contributed by atoms with E-state index in [4.69, 9.17) is 52.1 Å². The van der Waals surface area contributed by atoms with E-state index < -0.39 is 223 Å². The van der Waals surface area contributed by atoms with Crippen molar-refractivity contribution in [3.8, 4) is 0 Å². The molecule has 0 aromatic rings. The van der Waals surface area contributed by atoms with Gasteiger partial charge in [0.25, 0.3) is 0 Å². The first kappa shape index (κ1) is 55.2. The Hall–Kier alpha value is -1.08. The first-order valence-electron chi connectivity index (χ1n) is 22.4. The Balaban J connectivity index is 1.12. The molecular weight excluding hydrogens is 912 g/mol. The molecule has 0 radical (unpaired) electrons. The van der Waals surface area contributed by atoms with Crippen molar-refractivity contribution < 1.29 is 134 Å². The van der Waals surface area contributed by atoms with Gasteiger partial charge in [-0.15, -0.1) is 0 Å². The lowest BCUT2D eigenvalue weighted by molar-refractivity contribution is -0.384. The minimum Gasteiger partial charge on any atom is -0.394 e. The Bertz CT molecular complexity index is 1500. The minimum absolute atomic E-state index is 0.406. The highest BCUT2D eigenvalue weighted by Gasteiger charge is 2.55. The van der Waals surface area contributed by atoms with Crippen molar-refractivity contribution >= 4 is 0 Å². The van der Waals surface area contributed by atoms with Crippen LogP contribution < -0.4 is 0 Å². The zero-order valence-corrected chi connectivity index (χ0v) is 37.2. The molecule has 6 heterocycles. The second kappa shape index (κ2) is 23.6. The van der Waals surface area contributed by atoms with E-state index in [1.54, 1.807) is 13.8 Å². The average Bonchev–Trinajstić information content (AvgIpc) is 3.32. The summed E-state index contributed by atoms with van der Waals surface area (Å²) in [7, 11) is 0. The molecule has 0 aromatic heterocycles. The van der Waals surface area contributed by atoms with Crippen LogP contribution in [0.4, 0.5) is 0 Å². The molecule has 0 bridgehead atoms. The molecular formula is C40H70O27. The number of ether oxygens (including phenoxy) is 11. The van der Waals surface area contributed by atoms with Gasteiger partial charge in [0, 0.05) is 17.8 Å². The van der Waals surface area contributed by atoms with Crippen LogP contribution in [0.2, 0.25) is 0 Å². The standard InChI is InChI=1S/C40H70O27/c1-11-14(4)58-17(7-43)32(21(11)46)64-36-12(2)22(47)34(18(8-44)61-36)66-39-31(56)28(53)26(51)20(63-39)10-57-40-35(29(54)25(50)16(6-42)60-40)67-37-13(3)23(48)33(19(9-45)62-37)65-38-30(55)27(52)24(49)15(5-41)59-38/h11-56H,5-10H2,1-4H3/t11-,12+,13?,14+,15?,16?,17?,18?,19+,20?,21?,22?,23?,24+,25-,26-,27?,28?,29?,30+,31?,32-,33-,34-,35-,36+,37+,38+,39+,40+/m1/s1. The van der Waals surface area contributed by atoms with Gasteiger partial charge in [0.05, 0.1) is 64.1 Å². The number of aliphatic hydroxyl groups excluding tert-OH is 16. The van der Waals surface area contributed by atoms with Crippen molar-refractivity contribution in [2.24, 2.45) is 17.8 Å². The number of hydrogen-bond acceptors (Lipinski definition) is 27. The molecule has 6 rings (SSSR count). The SMILES string of the molecule is CC1C(O)[C@H](O[C@@H]2OC(CO)[C@H](O)C(O)[C@@H]2O)[C@H](CO)O[C@H]1O[C@@H]1C(O)[C@H](O)C(CO)O[C@@H]1OCC1O[C@@H](O[C@@H]2C(CO)O[C@@H](O[C@@H]3C(CO)O[C@@H](C)[C@@H](C)C3O)[C@@H](C)C2O)C(O)C(O)[C@@H]1O. The molecule has 0 spiro atoms. The quantitative estimate of drug-likeness (QED) is 0.0683. The van der Waals surface area contributed by atoms with Gasteiger partial charge in [0.1, 0.15) is 110 Å². The van der Waals surface area contributed by atoms with Crippen LogP contribution in [0.5, 0.6) is 0 Å². The third-order valence-electron chi connectivity index (χ3n) is 13.8. The fraction of sp³-hybridized carbons (Fsp3) is 1.00. The highest BCUT2D eigenvalue weighted by Crippen LogP contribution is 2.38. The van der Waals surface area contributed by atoms with Gasteiger partial charge < -0.3 is 134 Å². The number of aliphatic hydroxyl groups is 16. The molecule has 6 aliphatic heterocycles. The van der Waals surface area contributed by atoms with Gasteiger partial charge in [-0.1, -0.05) is 20.8 Å². The molecule has 6 fully saturated rings. The first-order chi connectivity index (χ1) is 31.7. The summed E-state index contributed by atoms with van der Waals surface area (Å²) in [5, 5.41) is 170. The summed E-state index contributed by atoms with van der Waals surface area (Å²) in [6.07, 6.45) is -41.7. The van der Waals surface area contributed by atoms with Gasteiger partial charge in [0.2, 0.25) is 0 Å². The molecule has 27 nitrogen and oxygen atoms in total. The zero-order valence-electron chi connectivity index (χ0n) is 37.2. The molecule has 30 atom stereocenters. The lowest BCUT2D eigenvalue weighted by Gasteiger charge is -2.49. The Morgan fingerprint density at radius 3 is 1.07 bits per heavy atom. The van der Waals surface area contributed by atoms with Crippen LogP contribution in [-0.4, -0.2) is 287 Å². The third kappa shape index (κ3) is 11.4. The lowest BCUT2D eigenvalue weighted by atomic mass is 9.88. The maximum absolute atomic E-state index is 11.5. The molecule has 0 aromatic carbocycles. The fourth-order valence-electron chi connectivity index (χ4n) is 9.13. The number of rotatable bonds is 16. The largest absolute Gasteiger partial charge is 0.394 e. The topological polar surface area (TPSA) is 425 Å². The van der Waals surface area contributed by atoms with Crippen LogP contribution >= 0.6 is 0 Å². The normalized spacial score (nSPS) is 53.4. The summed E-state index contributed by atoms with van der Waals surface area (Å²) >= 11 is 0. The van der Waals surface area contributed by atoms with E-state index in [1.807, 2.05) is 0 Å². The van der Waals surface area contributed by atoms with Crippen LogP contribution in [-0.2, 0) is 52.1 Å². The van der Waals surface area contributed by atoms with Crippen LogP contribution in [0.25, 0.3) is 0 Å². The molecule has 6 aliphatic rings. The predicted octanol–water partition coefficient (Wildman–Crippen LogP) is -9.20. The number of hydrogen-bond donors (Lipinski definition) is 16. The molecule has 6 saturated heterocycles. The van der Waals surface area contributed by atoms with E-state index in [-0.39, 0.29) is 0 Å². The minimum atomic E-state index is -1.98. The van der Waals surface area contributed by atoms with Crippen LogP contribution in [0.3, 0.4) is 0 Å². The lowest BCUT2D eigenvalue weighted by Crippen LogP contribution is -2.65. The van der Waals surface area contributed by atoms with E-state index in [0.717, 1.165) is 0 Å². The second-order valence-electron chi connectivity index (χ2n) is 18.2. The van der Waals surface area contributed by atoms with Crippen molar-refractivity contribution in [2.75, 3.05) is 39.6 Å². The average molecular weight is 983 g/mol. The summed E-state index contributed by atoms with van der Waals surface area (Å²) in [6, 6.07) is 0. The maximum Gasteiger partial charge on any atom is 0.187 e. The van der Waals surface area contributed by atoms with Crippen LogP contribution in [0.15, 0.2) is 0 Å². The van der Waals surface area contributed by atoms with E-state index in [9.17, 15) is 81.7 Å². The Morgan fingerprint density at radius 1 is 0.299 bits per heavy atom. The van der Waals surface area contributed by atoms with Gasteiger partial charge in [-0.25, -0.2) is 0 Å². The van der Waals surface area contributed by atoms with Gasteiger partial charge >= 0.3 is 0 Å². The molecule has 13 unspecified atom stereocenters. The smallest absolute Gasteiger partial charge is 0.187 e. The Labute approximate surface area is 384 Å². The summed E-state index contributed by atoms with van der Waals surface area (Å²) in [4.78, 5) is 0. The molecule has 67 heavy (non-hydrogen) atoms. The van der Waals surface area contributed by atoms with Crippen LogP contribution in [0.1, 0.15) is 27.7 Å². The molecule has 16 N–H and O–H groups in total. The fourth-order valence-corrected chi connectivity index (χ4v) is 9.13. The summed E-state index contributed by atoms with van der Waals surface area (Å²) in [5.74, 6) is -2.48. The van der Waals surface area contributed by atoms with Gasteiger partial charge in [-0.2, -0.15) is 0 Å². The van der Waals surface area contributed by atoms with Crippen molar-refractivity contribution in [3.63, 3.8) is 0 Å². The molecule has 392 valence electrons. The van der Waals surface area contributed by atoms with Gasteiger partial charge in [-0.3, -0.25) is 0 Å². The van der Waals surface area contributed by atoms with E-state index in [2.05, 4.69) is 0 Å². The Kier molecular flexibility index (Phi) is 19.5. The highest BCUT2D eigenvalue weighted by molar-refractivity contribution is 4.98.